The van der Waals surface area contributed by atoms with E-state index in [1.54, 1.807) is 4.90 Å². The Labute approximate surface area is 139 Å². The van der Waals surface area contributed by atoms with E-state index in [4.69, 9.17) is 4.74 Å². The van der Waals surface area contributed by atoms with Gasteiger partial charge in [0, 0.05) is 6.54 Å². The second kappa shape index (κ2) is 7.53. The second-order valence-corrected chi connectivity index (χ2v) is 6.33. The Balaban J connectivity index is 2.01. The molecule has 1 aromatic carbocycles. The zero-order valence-corrected chi connectivity index (χ0v) is 13.7. The fourth-order valence-electron chi connectivity index (χ4n) is 2.51. The number of rotatable bonds is 4. The highest BCUT2D eigenvalue weighted by molar-refractivity contribution is 5.76. The SMILES string of the molecule is CC(C)[C@H](O)CC(=O)N1CCO[C@@H](c2ccc(C(F)(F)F)cc2)C1. The van der Waals surface area contributed by atoms with Crippen LogP contribution in [0, 0.1) is 5.92 Å². The molecule has 1 aromatic rings. The molecule has 2 atom stereocenters. The number of aliphatic hydroxyl groups is 1. The molecule has 2 rings (SSSR count). The maximum Gasteiger partial charge on any atom is 0.416 e. The summed E-state index contributed by atoms with van der Waals surface area (Å²) in [4.78, 5) is 13.8. The van der Waals surface area contributed by atoms with Gasteiger partial charge in [0.2, 0.25) is 5.91 Å². The summed E-state index contributed by atoms with van der Waals surface area (Å²) in [5.41, 5.74) is -0.111. The Morgan fingerprint density at radius 3 is 2.50 bits per heavy atom. The number of alkyl halides is 3. The van der Waals surface area contributed by atoms with Gasteiger partial charge >= 0.3 is 6.18 Å². The van der Waals surface area contributed by atoms with Gasteiger partial charge in [0.15, 0.2) is 0 Å². The summed E-state index contributed by atoms with van der Waals surface area (Å²) in [6, 6.07) is 4.79. The van der Waals surface area contributed by atoms with Crippen LogP contribution in [-0.4, -0.2) is 41.7 Å². The molecular weight excluding hydrogens is 323 g/mol. The van der Waals surface area contributed by atoms with Crippen LogP contribution in [0.25, 0.3) is 0 Å². The second-order valence-electron chi connectivity index (χ2n) is 6.33. The van der Waals surface area contributed by atoms with E-state index in [0.717, 1.165) is 12.1 Å². The van der Waals surface area contributed by atoms with Crippen molar-refractivity contribution < 1.29 is 27.8 Å². The van der Waals surface area contributed by atoms with Gasteiger partial charge < -0.3 is 14.7 Å². The maximum absolute atomic E-state index is 12.6. The first-order valence-corrected chi connectivity index (χ1v) is 7.93. The average Bonchev–Trinajstić information content (AvgIpc) is 2.54. The van der Waals surface area contributed by atoms with E-state index < -0.39 is 23.9 Å². The lowest BCUT2D eigenvalue weighted by molar-refractivity contribution is -0.141. The van der Waals surface area contributed by atoms with Crippen molar-refractivity contribution in [3.05, 3.63) is 35.4 Å². The van der Waals surface area contributed by atoms with Gasteiger partial charge in [-0.2, -0.15) is 13.2 Å². The molecule has 0 bridgehead atoms. The molecule has 0 unspecified atom stereocenters. The number of ether oxygens (including phenoxy) is 1. The monoisotopic (exact) mass is 345 g/mol. The number of carbonyl (C=O) groups is 1. The van der Waals surface area contributed by atoms with Crippen molar-refractivity contribution in [1.82, 2.24) is 4.90 Å². The van der Waals surface area contributed by atoms with Crippen molar-refractivity contribution in [1.29, 1.82) is 0 Å². The molecule has 0 saturated carbocycles. The summed E-state index contributed by atoms with van der Waals surface area (Å²) in [6.07, 6.45) is -5.50. The van der Waals surface area contributed by atoms with Crippen LogP contribution < -0.4 is 0 Å². The van der Waals surface area contributed by atoms with E-state index in [-0.39, 0.29) is 24.8 Å². The molecule has 134 valence electrons. The number of carbonyl (C=O) groups excluding carboxylic acids is 1. The Hall–Kier alpha value is -1.60. The number of hydrogen-bond acceptors (Lipinski definition) is 3. The lowest BCUT2D eigenvalue weighted by atomic mass is 10.0. The third-order valence-electron chi connectivity index (χ3n) is 4.18. The molecule has 1 aliphatic rings. The highest BCUT2D eigenvalue weighted by atomic mass is 19.4. The average molecular weight is 345 g/mol. The van der Waals surface area contributed by atoms with E-state index in [1.807, 2.05) is 13.8 Å². The molecule has 24 heavy (non-hydrogen) atoms. The maximum atomic E-state index is 12.6. The molecule has 0 aromatic heterocycles. The third-order valence-corrected chi connectivity index (χ3v) is 4.18. The van der Waals surface area contributed by atoms with Crippen LogP contribution in [0.2, 0.25) is 0 Å². The van der Waals surface area contributed by atoms with Crippen LogP contribution in [-0.2, 0) is 15.7 Å². The van der Waals surface area contributed by atoms with Crippen molar-refractivity contribution in [2.45, 2.75) is 38.7 Å². The molecule has 7 heteroatoms. The number of hydrogen-bond donors (Lipinski definition) is 1. The normalized spacial score (nSPS) is 20.3. The standard InChI is InChI=1S/C17H22F3NO3/c1-11(2)14(22)9-16(23)21-7-8-24-15(10-21)12-3-5-13(6-4-12)17(18,19)20/h3-6,11,14-15,22H,7-10H2,1-2H3/t14-,15-/m1/s1. The van der Waals surface area contributed by atoms with Gasteiger partial charge in [-0.25, -0.2) is 0 Å². The van der Waals surface area contributed by atoms with Crippen molar-refractivity contribution in [3.63, 3.8) is 0 Å². The Morgan fingerprint density at radius 2 is 1.96 bits per heavy atom. The van der Waals surface area contributed by atoms with Gasteiger partial charge in [0.1, 0.15) is 6.10 Å². The predicted octanol–water partition coefficient (Wildman–Crippen LogP) is 3.01. The van der Waals surface area contributed by atoms with Crippen LogP contribution >= 0.6 is 0 Å². The van der Waals surface area contributed by atoms with E-state index >= 15 is 0 Å². The summed E-state index contributed by atoms with van der Waals surface area (Å²) < 4.78 is 43.4. The lowest BCUT2D eigenvalue weighted by Crippen LogP contribution is -2.43. The Morgan fingerprint density at radius 1 is 1.33 bits per heavy atom. The number of amides is 1. The minimum atomic E-state index is -4.37. The number of aliphatic hydroxyl groups excluding tert-OH is 1. The largest absolute Gasteiger partial charge is 0.416 e. The molecule has 1 N–H and O–H groups in total. The summed E-state index contributed by atoms with van der Waals surface area (Å²) >= 11 is 0. The van der Waals surface area contributed by atoms with Crippen molar-refractivity contribution >= 4 is 5.91 Å². The molecular formula is C17H22F3NO3. The number of benzene rings is 1. The highest BCUT2D eigenvalue weighted by Gasteiger charge is 2.31. The van der Waals surface area contributed by atoms with Gasteiger partial charge in [-0.05, 0) is 23.6 Å². The molecule has 0 aliphatic carbocycles. The number of nitrogens with zero attached hydrogens (tertiary/aromatic N) is 1. The smallest absolute Gasteiger partial charge is 0.392 e. The van der Waals surface area contributed by atoms with Crippen molar-refractivity contribution in [2.24, 2.45) is 5.92 Å². The van der Waals surface area contributed by atoms with Crippen molar-refractivity contribution in [2.75, 3.05) is 19.7 Å². The van der Waals surface area contributed by atoms with Crippen LogP contribution in [0.15, 0.2) is 24.3 Å². The summed E-state index contributed by atoms with van der Waals surface area (Å²) in [5.74, 6) is -0.183. The first kappa shape index (κ1) is 18.7. The summed E-state index contributed by atoms with van der Waals surface area (Å²) in [6.45, 7) is 4.68. The van der Waals surface area contributed by atoms with Gasteiger partial charge in [-0.15, -0.1) is 0 Å². The van der Waals surface area contributed by atoms with Crippen LogP contribution in [0.3, 0.4) is 0 Å². The predicted molar refractivity (Wildman–Crippen MR) is 82.2 cm³/mol. The molecule has 1 aliphatic heterocycles. The molecule has 0 spiro atoms. The molecule has 1 heterocycles. The fraction of sp³-hybridized carbons (Fsp3) is 0.588. The zero-order valence-electron chi connectivity index (χ0n) is 13.7. The molecule has 4 nitrogen and oxygen atoms in total. The minimum Gasteiger partial charge on any atom is -0.392 e. The summed E-state index contributed by atoms with van der Waals surface area (Å²) in [5, 5.41) is 9.83. The Kier molecular flexibility index (Phi) is 5.87. The molecule has 1 amide bonds. The molecule has 1 saturated heterocycles. The van der Waals surface area contributed by atoms with Gasteiger partial charge in [-0.1, -0.05) is 26.0 Å². The van der Waals surface area contributed by atoms with Gasteiger partial charge in [-0.3, -0.25) is 4.79 Å². The number of morpholine rings is 1. The van der Waals surface area contributed by atoms with Crippen LogP contribution in [0.5, 0.6) is 0 Å². The fourth-order valence-corrected chi connectivity index (χ4v) is 2.51. The Bertz CT molecular complexity index is 557. The topological polar surface area (TPSA) is 49.8 Å². The number of halogens is 3. The van der Waals surface area contributed by atoms with E-state index in [1.165, 1.54) is 12.1 Å². The van der Waals surface area contributed by atoms with Crippen LogP contribution in [0.4, 0.5) is 13.2 Å². The quantitative estimate of drug-likeness (QED) is 0.913. The third kappa shape index (κ3) is 4.70. The van der Waals surface area contributed by atoms with E-state index in [9.17, 15) is 23.1 Å². The molecule has 1 fully saturated rings. The highest BCUT2D eigenvalue weighted by Crippen LogP contribution is 2.31. The van der Waals surface area contributed by atoms with Gasteiger partial charge in [0.05, 0.1) is 31.2 Å². The first-order valence-electron chi connectivity index (χ1n) is 7.93. The van der Waals surface area contributed by atoms with Crippen molar-refractivity contribution in [3.8, 4) is 0 Å². The first-order chi connectivity index (χ1) is 11.2. The van der Waals surface area contributed by atoms with Gasteiger partial charge in [0.25, 0.3) is 0 Å². The molecule has 0 radical (unpaired) electrons. The van der Waals surface area contributed by atoms with E-state index in [0.29, 0.717) is 18.7 Å². The van der Waals surface area contributed by atoms with E-state index in [2.05, 4.69) is 0 Å². The van der Waals surface area contributed by atoms with Crippen LogP contribution in [0.1, 0.15) is 37.5 Å². The minimum absolute atomic E-state index is 0.0132. The zero-order chi connectivity index (χ0) is 17.9. The lowest BCUT2D eigenvalue weighted by Gasteiger charge is -2.34. The summed E-state index contributed by atoms with van der Waals surface area (Å²) in [7, 11) is 0.